The fraction of sp³-hybridized carbons (Fsp3) is 0.429. The Bertz CT molecular complexity index is 552. The van der Waals surface area contributed by atoms with Crippen LogP contribution in [-0.4, -0.2) is 47.3 Å². The first-order valence-corrected chi connectivity index (χ1v) is 6.54. The molecule has 0 aromatic heterocycles. The van der Waals surface area contributed by atoms with E-state index in [1.165, 1.54) is 32.4 Å². The number of carboxylic acid groups (broad SMARTS) is 1. The average molecular weight is 296 g/mol. The van der Waals surface area contributed by atoms with E-state index in [4.69, 9.17) is 4.84 Å². The van der Waals surface area contributed by atoms with Crippen LogP contribution in [0.4, 0.5) is 9.18 Å². The summed E-state index contributed by atoms with van der Waals surface area (Å²) >= 11 is 0. The Morgan fingerprint density at radius 2 is 2.14 bits per heavy atom. The normalized spacial score (nSPS) is 21.4. The van der Waals surface area contributed by atoms with Crippen LogP contribution < -0.4 is 0 Å². The van der Waals surface area contributed by atoms with Crippen LogP contribution in [0.3, 0.4) is 0 Å². The van der Waals surface area contributed by atoms with Crippen molar-refractivity contribution in [2.24, 2.45) is 0 Å². The van der Waals surface area contributed by atoms with Crippen molar-refractivity contribution < 1.29 is 23.9 Å². The monoisotopic (exact) mass is 296 g/mol. The Kier molecular flexibility index (Phi) is 4.42. The van der Waals surface area contributed by atoms with E-state index < -0.39 is 29.9 Å². The Balaban J connectivity index is 2.29. The van der Waals surface area contributed by atoms with Gasteiger partial charge in [-0.1, -0.05) is 12.1 Å². The minimum atomic E-state index is -1.20. The number of carbonyl (C=O) groups excluding carboxylic acids is 1. The van der Waals surface area contributed by atoms with Gasteiger partial charge < -0.3 is 5.11 Å². The largest absolute Gasteiger partial charge is 0.465 e. The highest BCUT2D eigenvalue weighted by Gasteiger charge is 2.43. The first-order valence-electron chi connectivity index (χ1n) is 6.54. The molecular formula is C14H17FN2O4. The average Bonchev–Trinajstić information content (AvgIpc) is 2.90. The summed E-state index contributed by atoms with van der Waals surface area (Å²) in [6, 6.07) is 4.44. The quantitative estimate of drug-likeness (QED) is 0.866. The molecule has 0 radical (unpaired) electrons. The third-order valence-corrected chi connectivity index (χ3v) is 3.71. The summed E-state index contributed by atoms with van der Waals surface area (Å²) < 4.78 is 13.3. The number of halogens is 1. The first-order chi connectivity index (χ1) is 9.95. The molecule has 114 valence electrons. The lowest BCUT2D eigenvalue weighted by atomic mass is 10.0. The maximum atomic E-state index is 13.3. The van der Waals surface area contributed by atoms with E-state index in [2.05, 4.69) is 0 Å². The fourth-order valence-corrected chi connectivity index (χ4v) is 2.66. The van der Waals surface area contributed by atoms with Gasteiger partial charge in [0.25, 0.3) is 5.91 Å². The van der Waals surface area contributed by atoms with Gasteiger partial charge in [-0.05, 0) is 30.5 Å². The minimum absolute atomic E-state index is 0.375. The molecule has 0 saturated carbocycles. The number of nitrogens with zero attached hydrogens (tertiary/aromatic N) is 2. The van der Waals surface area contributed by atoms with E-state index in [0.717, 1.165) is 9.96 Å². The molecule has 0 bridgehead atoms. The first kappa shape index (κ1) is 15.2. The minimum Gasteiger partial charge on any atom is -0.465 e. The molecule has 1 aromatic rings. The summed E-state index contributed by atoms with van der Waals surface area (Å²) in [5.74, 6) is -0.861. The van der Waals surface area contributed by atoms with Crippen molar-refractivity contribution in [1.29, 1.82) is 0 Å². The molecule has 1 aliphatic heterocycles. The van der Waals surface area contributed by atoms with Gasteiger partial charge in [0.05, 0.1) is 13.2 Å². The van der Waals surface area contributed by atoms with Crippen molar-refractivity contribution in [3.63, 3.8) is 0 Å². The van der Waals surface area contributed by atoms with Gasteiger partial charge in [0, 0.05) is 7.05 Å². The van der Waals surface area contributed by atoms with Gasteiger partial charge in [-0.2, -0.15) is 0 Å². The zero-order valence-electron chi connectivity index (χ0n) is 11.8. The van der Waals surface area contributed by atoms with E-state index in [-0.39, 0.29) is 0 Å². The Hall–Kier alpha value is -2.15. The maximum Gasteiger partial charge on any atom is 0.408 e. The van der Waals surface area contributed by atoms with E-state index >= 15 is 0 Å². The predicted octanol–water partition coefficient (Wildman–Crippen LogP) is 2.03. The highest BCUT2D eigenvalue weighted by atomic mass is 19.1. The van der Waals surface area contributed by atoms with Gasteiger partial charge in [-0.25, -0.2) is 14.2 Å². The van der Waals surface area contributed by atoms with Crippen LogP contribution in [0.25, 0.3) is 0 Å². The summed E-state index contributed by atoms with van der Waals surface area (Å²) in [6.07, 6.45) is -0.367. The summed E-state index contributed by atoms with van der Waals surface area (Å²) in [4.78, 5) is 29.6. The fourth-order valence-electron chi connectivity index (χ4n) is 2.66. The standard InChI is InChI=1S/C14H17FN2O4/c1-16(21-2)13(18)12-7-6-11(17(12)14(19)20)9-4-3-5-10(15)8-9/h3-5,8,11-12H,6-7H2,1-2H3,(H,19,20)/t11-,12+/m0/s1. The smallest absolute Gasteiger partial charge is 0.408 e. The molecule has 2 rings (SSSR count). The number of amides is 2. The molecule has 6 nitrogen and oxygen atoms in total. The summed E-state index contributed by atoms with van der Waals surface area (Å²) in [7, 11) is 2.76. The number of hydrogen-bond acceptors (Lipinski definition) is 3. The molecule has 1 aromatic carbocycles. The Labute approximate surface area is 121 Å². The lowest BCUT2D eigenvalue weighted by Crippen LogP contribution is -2.46. The maximum absolute atomic E-state index is 13.3. The molecule has 1 saturated heterocycles. The number of likely N-dealkylation sites (N-methyl/N-ethyl adjacent to an activating group) is 1. The molecule has 7 heteroatoms. The topological polar surface area (TPSA) is 70.1 Å². The Morgan fingerprint density at radius 3 is 2.71 bits per heavy atom. The number of carbonyl (C=O) groups is 2. The van der Waals surface area contributed by atoms with Gasteiger partial charge in [-0.15, -0.1) is 0 Å². The second-order valence-corrected chi connectivity index (χ2v) is 4.87. The van der Waals surface area contributed by atoms with E-state index in [1.54, 1.807) is 6.07 Å². The molecular weight excluding hydrogens is 279 g/mol. The van der Waals surface area contributed by atoms with Gasteiger partial charge in [0.1, 0.15) is 11.9 Å². The highest BCUT2D eigenvalue weighted by Crippen LogP contribution is 2.37. The van der Waals surface area contributed by atoms with Crippen LogP contribution >= 0.6 is 0 Å². The zero-order valence-corrected chi connectivity index (χ0v) is 11.8. The molecule has 2 amide bonds. The molecule has 0 spiro atoms. The van der Waals surface area contributed by atoms with Gasteiger partial charge in [-0.3, -0.25) is 14.5 Å². The molecule has 0 aliphatic carbocycles. The lowest BCUT2D eigenvalue weighted by molar-refractivity contribution is -0.173. The molecule has 2 atom stereocenters. The van der Waals surface area contributed by atoms with E-state index in [0.29, 0.717) is 18.4 Å². The van der Waals surface area contributed by atoms with Crippen LogP contribution in [-0.2, 0) is 9.63 Å². The molecule has 1 fully saturated rings. The number of benzene rings is 1. The molecule has 1 heterocycles. The molecule has 0 unspecified atom stereocenters. The SMILES string of the molecule is CON(C)C(=O)[C@H]1CC[C@@H](c2cccc(F)c2)N1C(=O)O. The van der Waals surface area contributed by atoms with E-state index in [1.807, 2.05) is 0 Å². The molecule has 1 aliphatic rings. The second kappa shape index (κ2) is 6.09. The number of hydroxylamine groups is 2. The third kappa shape index (κ3) is 2.97. The van der Waals surface area contributed by atoms with Crippen LogP contribution in [0.2, 0.25) is 0 Å². The second-order valence-electron chi connectivity index (χ2n) is 4.87. The molecule has 1 N–H and O–H groups in total. The molecule has 21 heavy (non-hydrogen) atoms. The summed E-state index contributed by atoms with van der Waals surface area (Å²) in [6.45, 7) is 0. The zero-order chi connectivity index (χ0) is 15.6. The van der Waals surface area contributed by atoms with Crippen LogP contribution in [0.1, 0.15) is 24.4 Å². The van der Waals surface area contributed by atoms with Crippen molar-refractivity contribution in [3.8, 4) is 0 Å². The van der Waals surface area contributed by atoms with Crippen molar-refractivity contribution in [1.82, 2.24) is 9.96 Å². The van der Waals surface area contributed by atoms with Crippen molar-refractivity contribution >= 4 is 12.0 Å². The van der Waals surface area contributed by atoms with Crippen molar-refractivity contribution in [2.75, 3.05) is 14.2 Å². The third-order valence-electron chi connectivity index (χ3n) is 3.71. The van der Waals surface area contributed by atoms with Gasteiger partial charge >= 0.3 is 6.09 Å². The van der Waals surface area contributed by atoms with Crippen molar-refractivity contribution in [2.45, 2.75) is 24.9 Å². The van der Waals surface area contributed by atoms with Gasteiger partial charge in [0.15, 0.2) is 0 Å². The van der Waals surface area contributed by atoms with E-state index in [9.17, 15) is 19.1 Å². The number of rotatable bonds is 3. The summed E-state index contributed by atoms with van der Waals surface area (Å²) in [5.41, 5.74) is 0.549. The van der Waals surface area contributed by atoms with Crippen LogP contribution in [0.5, 0.6) is 0 Å². The summed E-state index contributed by atoms with van der Waals surface area (Å²) in [5, 5.41) is 10.4. The van der Waals surface area contributed by atoms with Crippen LogP contribution in [0.15, 0.2) is 24.3 Å². The van der Waals surface area contributed by atoms with Crippen LogP contribution in [0, 0.1) is 5.82 Å². The predicted molar refractivity (Wildman–Crippen MR) is 71.8 cm³/mol. The number of hydrogen-bond donors (Lipinski definition) is 1. The Morgan fingerprint density at radius 1 is 1.43 bits per heavy atom. The lowest BCUT2D eigenvalue weighted by Gasteiger charge is -2.29. The number of likely N-dealkylation sites (tertiary alicyclic amines) is 1. The highest BCUT2D eigenvalue weighted by molar-refractivity contribution is 5.85. The van der Waals surface area contributed by atoms with Gasteiger partial charge in [0.2, 0.25) is 0 Å². The van der Waals surface area contributed by atoms with Crippen molar-refractivity contribution in [3.05, 3.63) is 35.6 Å².